The number of carbonyl (C=O) groups excluding carboxylic acids is 1. The fourth-order valence-electron chi connectivity index (χ4n) is 2.02. The van der Waals surface area contributed by atoms with Crippen LogP contribution in [0.5, 0.6) is 5.75 Å². The number of carbonyl (C=O) groups is 1. The Hall–Kier alpha value is -2.56. The zero-order chi connectivity index (χ0) is 15.4. The van der Waals surface area contributed by atoms with Crippen molar-refractivity contribution < 1.29 is 9.90 Å². The molecule has 0 aliphatic carbocycles. The maximum absolute atomic E-state index is 11.1. The minimum absolute atomic E-state index is 0.0901. The second kappa shape index (κ2) is 6.26. The lowest BCUT2D eigenvalue weighted by atomic mass is 10.1. The molecule has 1 amide bonds. The van der Waals surface area contributed by atoms with Gasteiger partial charge in [-0.3, -0.25) is 9.78 Å². The van der Waals surface area contributed by atoms with E-state index in [0.29, 0.717) is 12.2 Å². The minimum Gasteiger partial charge on any atom is -0.506 e. The summed E-state index contributed by atoms with van der Waals surface area (Å²) >= 11 is 0. The van der Waals surface area contributed by atoms with Crippen LogP contribution in [-0.4, -0.2) is 16.0 Å². The third kappa shape index (κ3) is 3.95. The van der Waals surface area contributed by atoms with E-state index in [4.69, 9.17) is 0 Å². The fourth-order valence-corrected chi connectivity index (χ4v) is 2.02. The van der Waals surface area contributed by atoms with Crippen molar-refractivity contribution in [1.29, 1.82) is 0 Å². The van der Waals surface area contributed by atoms with Crippen molar-refractivity contribution in [3.8, 4) is 5.75 Å². The molecule has 21 heavy (non-hydrogen) atoms. The highest BCUT2D eigenvalue weighted by molar-refractivity contribution is 5.89. The molecule has 0 atom stereocenters. The Labute approximate surface area is 124 Å². The zero-order valence-corrected chi connectivity index (χ0v) is 12.4. The van der Waals surface area contributed by atoms with Gasteiger partial charge in [0.25, 0.3) is 0 Å². The first-order valence-electron chi connectivity index (χ1n) is 6.73. The second-order valence-electron chi connectivity index (χ2n) is 4.98. The number of aryl methyl sites for hydroxylation is 2. The van der Waals surface area contributed by atoms with Crippen LogP contribution in [0.2, 0.25) is 0 Å². The van der Waals surface area contributed by atoms with Gasteiger partial charge in [0, 0.05) is 24.0 Å². The molecular formula is C16H19N3O2. The molecule has 1 heterocycles. The normalized spacial score (nSPS) is 10.2. The number of rotatable bonds is 4. The third-order valence-corrected chi connectivity index (χ3v) is 3.09. The first kappa shape index (κ1) is 14.8. The van der Waals surface area contributed by atoms with Gasteiger partial charge in [0.05, 0.1) is 6.54 Å². The van der Waals surface area contributed by atoms with Crippen LogP contribution in [0.4, 0.5) is 11.4 Å². The van der Waals surface area contributed by atoms with Gasteiger partial charge in [0.15, 0.2) is 0 Å². The van der Waals surface area contributed by atoms with Crippen LogP contribution in [0.1, 0.15) is 23.9 Å². The number of anilines is 2. The summed E-state index contributed by atoms with van der Waals surface area (Å²) in [6, 6.07) is 9.08. The number of hydrogen-bond donors (Lipinski definition) is 3. The largest absolute Gasteiger partial charge is 0.506 e. The number of benzene rings is 1. The predicted molar refractivity (Wildman–Crippen MR) is 83.4 cm³/mol. The van der Waals surface area contributed by atoms with Gasteiger partial charge < -0.3 is 15.7 Å². The number of hydrogen-bond acceptors (Lipinski definition) is 4. The third-order valence-electron chi connectivity index (χ3n) is 3.09. The van der Waals surface area contributed by atoms with Gasteiger partial charge in [-0.15, -0.1) is 0 Å². The molecule has 1 aromatic heterocycles. The average molecular weight is 285 g/mol. The smallest absolute Gasteiger partial charge is 0.221 e. The van der Waals surface area contributed by atoms with Crippen LogP contribution >= 0.6 is 0 Å². The molecule has 3 N–H and O–H groups in total. The molecule has 0 saturated carbocycles. The van der Waals surface area contributed by atoms with Gasteiger partial charge in [-0.05, 0) is 49.7 Å². The van der Waals surface area contributed by atoms with Crippen molar-refractivity contribution in [1.82, 2.24) is 4.98 Å². The summed E-state index contributed by atoms with van der Waals surface area (Å²) in [6.07, 6.45) is 0. The van der Waals surface area contributed by atoms with Crippen LogP contribution in [0.25, 0.3) is 0 Å². The topological polar surface area (TPSA) is 74.2 Å². The monoisotopic (exact) mass is 285 g/mol. The molecule has 0 bridgehead atoms. The summed E-state index contributed by atoms with van der Waals surface area (Å²) < 4.78 is 0. The molecule has 2 rings (SSSR count). The maximum Gasteiger partial charge on any atom is 0.221 e. The first-order valence-corrected chi connectivity index (χ1v) is 6.73. The Morgan fingerprint density at radius 3 is 2.67 bits per heavy atom. The highest BCUT2D eigenvalue weighted by Gasteiger charge is 2.05. The summed E-state index contributed by atoms with van der Waals surface area (Å²) in [7, 11) is 0. The summed E-state index contributed by atoms with van der Waals surface area (Å²) in [6.45, 7) is 5.73. The molecule has 1 aromatic carbocycles. The van der Waals surface area contributed by atoms with E-state index in [0.717, 1.165) is 22.6 Å². The van der Waals surface area contributed by atoms with E-state index in [9.17, 15) is 9.90 Å². The van der Waals surface area contributed by atoms with Crippen molar-refractivity contribution in [3.05, 3.63) is 47.3 Å². The Bertz CT molecular complexity index is 669. The SMILES string of the molecule is CC(=O)Nc1ccc(NCc2nc(C)ccc2O)cc1C. The molecule has 0 aliphatic rings. The van der Waals surface area contributed by atoms with Gasteiger partial charge in [0.2, 0.25) is 5.91 Å². The van der Waals surface area contributed by atoms with Crippen molar-refractivity contribution in [2.24, 2.45) is 0 Å². The van der Waals surface area contributed by atoms with Crippen LogP contribution in [0.3, 0.4) is 0 Å². The number of nitrogens with zero attached hydrogens (tertiary/aromatic N) is 1. The number of aromatic hydroxyl groups is 1. The second-order valence-corrected chi connectivity index (χ2v) is 4.98. The maximum atomic E-state index is 11.1. The van der Waals surface area contributed by atoms with Gasteiger partial charge in [-0.25, -0.2) is 0 Å². The van der Waals surface area contributed by atoms with E-state index in [1.54, 1.807) is 12.1 Å². The van der Waals surface area contributed by atoms with E-state index in [1.807, 2.05) is 32.0 Å². The van der Waals surface area contributed by atoms with E-state index >= 15 is 0 Å². The van der Waals surface area contributed by atoms with E-state index in [2.05, 4.69) is 15.6 Å². The Morgan fingerprint density at radius 1 is 1.24 bits per heavy atom. The van der Waals surface area contributed by atoms with Gasteiger partial charge in [-0.2, -0.15) is 0 Å². The Balaban J connectivity index is 2.08. The Morgan fingerprint density at radius 2 is 2.00 bits per heavy atom. The first-order chi connectivity index (χ1) is 9.95. The van der Waals surface area contributed by atoms with Crippen LogP contribution in [0, 0.1) is 13.8 Å². The molecule has 0 spiro atoms. The quantitative estimate of drug-likeness (QED) is 0.807. The summed E-state index contributed by atoms with van der Waals surface area (Å²) in [5.41, 5.74) is 4.14. The number of amides is 1. The van der Waals surface area contributed by atoms with Crippen LogP contribution in [-0.2, 0) is 11.3 Å². The van der Waals surface area contributed by atoms with Crippen LogP contribution in [0.15, 0.2) is 30.3 Å². The number of pyridine rings is 1. The minimum atomic E-state index is -0.0901. The number of aromatic nitrogens is 1. The fraction of sp³-hybridized carbons (Fsp3) is 0.250. The lowest BCUT2D eigenvalue weighted by Gasteiger charge is -2.11. The summed E-state index contributed by atoms with van der Waals surface area (Å²) in [5, 5.41) is 15.7. The van der Waals surface area contributed by atoms with E-state index in [1.165, 1.54) is 6.92 Å². The molecule has 0 unspecified atom stereocenters. The highest BCUT2D eigenvalue weighted by atomic mass is 16.3. The molecule has 0 radical (unpaired) electrons. The molecule has 5 heteroatoms. The Kier molecular flexibility index (Phi) is 4.42. The molecular weight excluding hydrogens is 266 g/mol. The van der Waals surface area contributed by atoms with Crippen LogP contribution < -0.4 is 10.6 Å². The summed E-state index contributed by atoms with van der Waals surface area (Å²) in [5.74, 6) is 0.0902. The molecule has 0 aliphatic heterocycles. The average Bonchev–Trinajstić information content (AvgIpc) is 2.42. The van der Waals surface area contributed by atoms with Crippen molar-refractivity contribution in [3.63, 3.8) is 0 Å². The standard InChI is InChI=1S/C16H19N3O2/c1-10-8-13(5-6-14(10)19-12(3)20)17-9-15-16(21)7-4-11(2)18-15/h4-8,17,21H,9H2,1-3H3,(H,19,20). The number of nitrogens with one attached hydrogen (secondary N) is 2. The molecule has 5 nitrogen and oxygen atoms in total. The van der Waals surface area contributed by atoms with Crippen molar-refractivity contribution in [2.45, 2.75) is 27.3 Å². The highest BCUT2D eigenvalue weighted by Crippen LogP contribution is 2.21. The van der Waals surface area contributed by atoms with Gasteiger partial charge in [0.1, 0.15) is 11.4 Å². The molecule has 2 aromatic rings. The lowest BCUT2D eigenvalue weighted by molar-refractivity contribution is -0.114. The predicted octanol–water partition coefficient (Wildman–Crippen LogP) is 2.97. The van der Waals surface area contributed by atoms with Crippen molar-refractivity contribution >= 4 is 17.3 Å². The molecule has 0 fully saturated rings. The zero-order valence-electron chi connectivity index (χ0n) is 12.4. The van der Waals surface area contributed by atoms with Gasteiger partial charge >= 0.3 is 0 Å². The van der Waals surface area contributed by atoms with Crippen molar-refractivity contribution in [2.75, 3.05) is 10.6 Å². The molecule has 0 saturated heterocycles. The lowest BCUT2D eigenvalue weighted by Crippen LogP contribution is -2.08. The van der Waals surface area contributed by atoms with E-state index < -0.39 is 0 Å². The molecule has 110 valence electrons. The summed E-state index contributed by atoms with van der Waals surface area (Å²) in [4.78, 5) is 15.4. The van der Waals surface area contributed by atoms with Gasteiger partial charge in [-0.1, -0.05) is 0 Å². The van der Waals surface area contributed by atoms with E-state index in [-0.39, 0.29) is 11.7 Å².